The molecule has 0 spiro atoms. The van der Waals surface area contributed by atoms with Crippen LogP contribution in [-0.4, -0.2) is 23.5 Å². The Morgan fingerprint density at radius 3 is 2.38 bits per heavy atom. The van der Waals surface area contributed by atoms with Crippen LogP contribution in [0.3, 0.4) is 0 Å². The monoisotopic (exact) mass is 227 g/mol. The number of amides is 1. The zero-order valence-corrected chi connectivity index (χ0v) is 10.5. The van der Waals surface area contributed by atoms with Crippen LogP contribution in [0.25, 0.3) is 0 Å². The molecule has 0 heterocycles. The molecule has 4 heteroatoms. The maximum absolute atomic E-state index is 11.4. The molecule has 0 bridgehead atoms. The Balaban J connectivity index is 4.23. The van der Waals surface area contributed by atoms with E-state index in [-0.39, 0.29) is 5.78 Å². The third kappa shape index (κ3) is 7.04. The molecular weight excluding hydrogens is 206 g/mol. The highest BCUT2D eigenvalue weighted by Crippen LogP contribution is 2.08. The Bertz CT molecular complexity index is 266. The molecular formula is C12H21NO3. The van der Waals surface area contributed by atoms with Crippen molar-refractivity contribution in [3.63, 3.8) is 0 Å². The molecule has 0 saturated carbocycles. The van der Waals surface area contributed by atoms with Crippen LogP contribution in [-0.2, 0) is 9.53 Å². The van der Waals surface area contributed by atoms with E-state index in [0.717, 1.165) is 0 Å². The van der Waals surface area contributed by atoms with Gasteiger partial charge < -0.3 is 10.1 Å². The maximum Gasteiger partial charge on any atom is 0.408 e. The second-order valence-electron chi connectivity index (χ2n) is 4.68. The minimum atomic E-state index is -0.559. The lowest BCUT2D eigenvalue weighted by atomic mass is 10.1. The van der Waals surface area contributed by atoms with E-state index in [9.17, 15) is 9.59 Å². The van der Waals surface area contributed by atoms with Gasteiger partial charge in [-0.25, -0.2) is 4.79 Å². The number of allylic oxidation sites excluding steroid dienone is 1. The molecule has 0 aliphatic heterocycles. The standard InChI is InChI=1S/C12H21NO3/c1-6-7-8-10(9(2)14)13-11(15)16-12(3,4)5/h6,10H,1,7-8H2,2-5H3,(H,13,15). The van der Waals surface area contributed by atoms with Crippen LogP contribution in [0.1, 0.15) is 40.5 Å². The number of carbonyl (C=O) groups is 2. The van der Waals surface area contributed by atoms with Crippen molar-refractivity contribution >= 4 is 11.9 Å². The Labute approximate surface area is 97.1 Å². The summed E-state index contributed by atoms with van der Waals surface area (Å²) in [7, 11) is 0. The van der Waals surface area contributed by atoms with Gasteiger partial charge in [0, 0.05) is 0 Å². The molecule has 0 radical (unpaired) electrons. The van der Waals surface area contributed by atoms with Gasteiger partial charge in [-0.05, 0) is 40.5 Å². The molecule has 0 aromatic heterocycles. The molecule has 0 aromatic carbocycles. The number of nitrogens with one attached hydrogen (secondary N) is 1. The number of hydrogen-bond donors (Lipinski definition) is 1. The lowest BCUT2D eigenvalue weighted by molar-refractivity contribution is -0.119. The average Bonchev–Trinajstić information content (AvgIpc) is 2.08. The third-order valence-electron chi connectivity index (χ3n) is 1.84. The van der Waals surface area contributed by atoms with E-state index in [4.69, 9.17) is 4.74 Å². The van der Waals surface area contributed by atoms with Crippen LogP contribution in [0.5, 0.6) is 0 Å². The fourth-order valence-corrected chi connectivity index (χ4v) is 1.11. The highest BCUT2D eigenvalue weighted by Gasteiger charge is 2.21. The smallest absolute Gasteiger partial charge is 0.408 e. The normalized spacial score (nSPS) is 12.8. The van der Waals surface area contributed by atoms with E-state index in [1.54, 1.807) is 26.8 Å². The average molecular weight is 227 g/mol. The lowest BCUT2D eigenvalue weighted by Gasteiger charge is -2.22. The molecule has 0 aliphatic rings. The summed E-state index contributed by atoms with van der Waals surface area (Å²) in [6.07, 6.45) is 2.39. The second-order valence-corrected chi connectivity index (χ2v) is 4.68. The van der Waals surface area contributed by atoms with Crippen LogP contribution in [0.15, 0.2) is 12.7 Å². The Morgan fingerprint density at radius 1 is 1.44 bits per heavy atom. The number of hydrogen-bond acceptors (Lipinski definition) is 3. The number of ether oxygens (including phenoxy) is 1. The first-order valence-electron chi connectivity index (χ1n) is 5.37. The summed E-state index contributed by atoms with van der Waals surface area (Å²) in [6, 6.07) is -0.493. The van der Waals surface area contributed by atoms with E-state index < -0.39 is 17.7 Å². The van der Waals surface area contributed by atoms with Gasteiger partial charge in [-0.15, -0.1) is 6.58 Å². The Kier molecular flexibility index (Phi) is 5.78. The molecule has 0 saturated heterocycles. The van der Waals surface area contributed by atoms with Gasteiger partial charge in [0.2, 0.25) is 0 Å². The summed E-state index contributed by atoms with van der Waals surface area (Å²) in [5.74, 6) is -0.0762. The van der Waals surface area contributed by atoms with E-state index in [2.05, 4.69) is 11.9 Å². The summed E-state index contributed by atoms with van der Waals surface area (Å²) >= 11 is 0. The molecule has 16 heavy (non-hydrogen) atoms. The molecule has 4 nitrogen and oxygen atoms in total. The van der Waals surface area contributed by atoms with Gasteiger partial charge in [-0.1, -0.05) is 6.08 Å². The van der Waals surface area contributed by atoms with Crippen molar-refractivity contribution in [2.24, 2.45) is 0 Å². The maximum atomic E-state index is 11.4. The Hall–Kier alpha value is -1.32. The summed E-state index contributed by atoms with van der Waals surface area (Å²) in [5.41, 5.74) is -0.552. The first-order chi connectivity index (χ1) is 7.26. The number of rotatable bonds is 5. The SMILES string of the molecule is C=CCCC(NC(=O)OC(C)(C)C)C(C)=O. The number of alkyl carbamates (subject to hydrolysis) is 1. The van der Waals surface area contributed by atoms with Crippen molar-refractivity contribution in [1.29, 1.82) is 0 Å². The van der Waals surface area contributed by atoms with Gasteiger partial charge in [0.1, 0.15) is 5.60 Å². The topological polar surface area (TPSA) is 55.4 Å². The predicted molar refractivity (Wildman–Crippen MR) is 63.3 cm³/mol. The molecule has 0 fully saturated rings. The van der Waals surface area contributed by atoms with E-state index >= 15 is 0 Å². The fourth-order valence-electron chi connectivity index (χ4n) is 1.11. The first-order valence-corrected chi connectivity index (χ1v) is 5.37. The zero-order chi connectivity index (χ0) is 12.8. The molecule has 1 unspecified atom stereocenters. The van der Waals surface area contributed by atoms with Crippen molar-refractivity contribution in [3.05, 3.63) is 12.7 Å². The highest BCUT2D eigenvalue weighted by molar-refractivity contribution is 5.85. The van der Waals surface area contributed by atoms with Gasteiger partial charge in [0.15, 0.2) is 5.78 Å². The highest BCUT2D eigenvalue weighted by atomic mass is 16.6. The number of ketones is 1. The summed E-state index contributed by atoms with van der Waals surface area (Å²) in [4.78, 5) is 22.7. The van der Waals surface area contributed by atoms with Gasteiger partial charge in [-0.3, -0.25) is 4.79 Å². The fraction of sp³-hybridized carbons (Fsp3) is 0.667. The molecule has 92 valence electrons. The zero-order valence-electron chi connectivity index (χ0n) is 10.5. The van der Waals surface area contributed by atoms with E-state index in [1.807, 2.05) is 0 Å². The van der Waals surface area contributed by atoms with E-state index in [0.29, 0.717) is 12.8 Å². The van der Waals surface area contributed by atoms with Crippen molar-refractivity contribution in [2.45, 2.75) is 52.2 Å². The molecule has 0 rings (SSSR count). The number of Topliss-reactive ketones (excluding diaryl/α,β-unsaturated/α-hetero) is 1. The van der Waals surface area contributed by atoms with Crippen molar-refractivity contribution in [3.8, 4) is 0 Å². The largest absolute Gasteiger partial charge is 0.444 e. The molecule has 1 N–H and O–H groups in total. The van der Waals surface area contributed by atoms with Crippen molar-refractivity contribution in [2.75, 3.05) is 0 Å². The second kappa shape index (κ2) is 6.30. The molecule has 0 aliphatic carbocycles. The van der Waals surface area contributed by atoms with Crippen LogP contribution < -0.4 is 5.32 Å². The molecule has 0 aromatic rings. The molecule has 1 atom stereocenters. The Morgan fingerprint density at radius 2 is 2.00 bits per heavy atom. The van der Waals surface area contributed by atoms with Gasteiger partial charge in [-0.2, -0.15) is 0 Å². The van der Waals surface area contributed by atoms with Crippen LogP contribution in [0.4, 0.5) is 4.79 Å². The van der Waals surface area contributed by atoms with E-state index in [1.165, 1.54) is 6.92 Å². The van der Waals surface area contributed by atoms with Crippen LogP contribution >= 0.6 is 0 Å². The summed E-state index contributed by atoms with van der Waals surface area (Å²) < 4.78 is 5.07. The predicted octanol–water partition coefficient (Wildman–Crippen LogP) is 2.43. The summed E-state index contributed by atoms with van der Waals surface area (Å²) in [6.45, 7) is 10.4. The first kappa shape index (κ1) is 14.7. The summed E-state index contributed by atoms with van der Waals surface area (Å²) in [5, 5.41) is 2.55. The van der Waals surface area contributed by atoms with Crippen molar-refractivity contribution < 1.29 is 14.3 Å². The van der Waals surface area contributed by atoms with Crippen molar-refractivity contribution in [1.82, 2.24) is 5.32 Å². The lowest BCUT2D eigenvalue weighted by Crippen LogP contribution is -2.42. The minimum absolute atomic E-state index is 0.0762. The molecule has 1 amide bonds. The quantitative estimate of drug-likeness (QED) is 0.734. The minimum Gasteiger partial charge on any atom is -0.444 e. The third-order valence-corrected chi connectivity index (χ3v) is 1.84. The van der Waals surface area contributed by atoms with Crippen LogP contribution in [0.2, 0.25) is 0 Å². The van der Waals surface area contributed by atoms with Gasteiger partial charge >= 0.3 is 6.09 Å². The number of carbonyl (C=O) groups excluding carboxylic acids is 2. The van der Waals surface area contributed by atoms with Gasteiger partial charge in [0.05, 0.1) is 6.04 Å². The van der Waals surface area contributed by atoms with Gasteiger partial charge in [0.25, 0.3) is 0 Å². The van der Waals surface area contributed by atoms with Crippen LogP contribution in [0, 0.1) is 0 Å².